The van der Waals surface area contributed by atoms with Crippen LogP contribution >= 0.6 is 0 Å². The predicted octanol–water partition coefficient (Wildman–Crippen LogP) is 4.44. The minimum Gasteiger partial charge on any atom is -0.405 e. The highest BCUT2D eigenvalue weighted by atomic mass is 19.4. The summed E-state index contributed by atoms with van der Waals surface area (Å²) in [4.78, 5) is 12.2. The molecule has 0 aliphatic carbocycles. The molecule has 0 spiro atoms. The summed E-state index contributed by atoms with van der Waals surface area (Å²) in [5, 5.41) is 2.59. The van der Waals surface area contributed by atoms with Crippen LogP contribution in [0.2, 0.25) is 0 Å². The molecule has 0 atom stereocenters. The van der Waals surface area contributed by atoms with Crippen molar-refractivity contribution in [1.29, 1.82) is 0 Å². The lowest BCUT2D eigenvalue weighted by molar-refractivity contribution is -0.274. The molecule has 0 aliphatic rings. The van der Waals surface area contributed by atoms with E-state index in [2.05, 4.69) is 10.1 Å². The minimum atomic E-state index is -4.78. The third kappa shape index (κ3) is 6.40. The minimum absolute atomic E-state index is 0.0801. The van der Waals surface area contributed by atoms with Gasteiger partial charge in [0.15, 0.2) is 0 Å². The first-order valence-electron chi connectivity index (χ1n) is 8.07. The van der Waals surface area contributed by atoms with Crippen molar-refractivity contribution in [2.24, 2.45) is 0 Å². The van der Waals surface area contributed by atoms with Crippen LogP contribution in [0.1, 0.15) is 35.3 Å². The molecule has 1 N–H and O–H groups in total. The number of halogens is 3. The maximum absolute atomic E-state index is 12.4. The first-order valence-corrected chi connectivity index (χ1v) is 8.07. The molecule has 2 rings (SSSR count). The van der Waals surface area contributed by atoms with Crippen molar-refractivity contribution in [2.75, 3.05) is 0 Å². The molecule has 0 fully saturated rings. The summed E-state index contributed by atoms with van der Waals surface area (Å²) in [6.45, 7) is 4.23. The number of hydrogen-bond acceptors (Lipinski definition) is 3. The van der Waals surface area contributed by atoms with Crippen LogP contribution in [0.25, 0.3) is 0 Å². The van der Waals surface area contributed by atoms with Crippen molar-refractivity contribution >= 4 is 5.91 Å². The topological polar surface area (TPSA) is 47.6 Å². The van der Waals surface area contributed by atoms with Gasteiger partial charge in [-0.3, -0.25) is 4.79 Å². The van der Waals surface area contributed by atoms with E-state index >= 15 is 0 Å². The van der Waals surface area contributed by atoms with Gasteiger partial charge in [0, 0.05) is 17.7 Å². The van der Waals surface area contributed by atoms with Crippen LogP contribution in [0.5, 0.6) is 5.75 Å². The molecule has 0 aromatic heterocycles. The smallest absolute Gasteiger partial charge is 0.405 e. The standard InChI is InChI=1S/C19H20F3NO3/c1-13(2)25-12-14-7-9-15(10-8-14)18(24)23-11-16-5-3-4-6-17(16)26-19(20,21)22/h3-10,13H,11-12H2,1-2H3,(H,23,24). The number of alkyl halides is 3. The molecule has 0 heterocycles. The van der Waals surface area contributed by atoms with E-state index in [0.29, 0.717) is 12.2 Å². The van der Waals surface area contributed by atoms with Crippen molar-refractivity contribution in [3.8, 4) is 5.75 Å². The van der Waals surface area contributed by atoms with Crippen LogP contribution in [-0.4, -0.2) is 18.4 Å². The van der Waals surface area contributed by atoms with Gasteiger partial charge in [-0.1, -0.05) is 30.3 Å². The Hall–Kier alpha value is -2.54. The summed E-state index contributed by atoms with van der Waals surface area (Å²) in [6.07, 6.45) is -4.68. The average Bonchev–Trinajstić information content (AvgIpc) is 2.58. The molecule has 2 aromatic carbocycles. The van der Waals surface area contributed by atoms with Crippen LogP contribution in [0, 0.1) is 0 Å². The van der Waals surface area contributed by atoms with E-state index in [9.17, 15) is 18.0 Å². The van der Waals surface area contributed by atoms with Crippen LogP contribution < -0.4 is 10.1 Å². The third-order valence-corrected chi connectivity index (χ3v) is 3.44. The van der Waals surface area contributed by atoms with Gasteiger partial charge in [0.25, 0.3) is 5.91 Å². The lowest BCUT2D eigenvalue weighted by Crippen LogP contribution is -2.24. The molecule has 26 heavy (non-hydrogen) atoms. The zero-order valence-electron chi connectivity index (χ0n) is 14.5. The number of carbonyl (C=O) groups excluding carboxylic acids is 1. The van der Waals surface area contributed by atoms with Crippen molar-refractivity contribution in [2.45, 2.75) is 39.5 Å². The lowest BCUT2D eigenvalue weighted by Gasteiger charge is -2.13. The SMILES string of the molecule is CC(C)OCc1ccc(C(=O)NCc2ccccc2OC(F)(F)F)cc1. The molecule has 0 aliphatic heterocycles. The second-order valence-electron chi connectivity index (χ2n) is 5.89. The Labute approximate surface area is 149 Å². The van der Waals surface area contributed by atoms with E-state index in [1.807, 2.05) is 13.8 Å². The fraction of sp³-hybridized carbons (Fsp3) is 0.316. The van der Waals surface area contributed by atoms with Crippen molar-refractivity contribution in [1.82, 2.24) is 5.32 Å². The first kappa shape index (κ1) is 19.8. The summed E-state index contributed by atoms with van der Waals surface area (Å²) in [7, 11) is 0. The Kier molecular flexibility index (Phi) is 6.63. The highest BCUT2D eigenvalue weighted by Gasteiger charge is 2.31. The third-order valence-electron chi connectivity index (χ3n) is 3.44. The summed E-state index contributed by atoms with van der Waals surface area (Å²) in [5.41, 5.74) is 1.58. The molecule has 0 unspecified atom stereocenters. The number of ether oxygens (including phenoxy) is 2. The van der Waals surface area contributed by atoms with E-state index in [4.69, 9.17) is 4.74 Å². The van der Waals surface area contributed by atoms with E-state index in [-0.39, 0.29) is 29.9 Å². The molecule has 7 heteroatoms. The van der Waals surface area contributed by atoms with E-state index < -0.39 is 6.36 Å². The monoisotopic (exact) mass is 367 g/mol. The van der Waals surface area contributed by atoms with Gasteiger partial charge in [0.1, 0.15) is 5.75 Å². The molecule has 0 saturated carbocycles. The van der Waals surface area contributed by atoms with Gasteiger partial charge < -0.3 is 14.8 Å². The van der Waals surface area contributed by atoms with Crippen molar-refractivity contribution in [3.63, 3.8) is 0 Å². The van der Waals surface area contributed by atoms with Crippen LogP contribution in [0.4, 0.5) is 13.2 Å². The number of hydrogen-bond donors (Lipinski definition) is 1. The molecule has 140 valence electrons. The number of para-hydroxylation sites is 1. The predicted molar refractivity (Wildman–Crippen MR) is 90.7 cm³/mol. The van der Waals surface area contributed by atoms with Gasteiger partial charge >= 0.3 is 6.36 Å². The van der Waals surface area contributed by atoms with Gasteiger partial charge in [-0.15, -0.1) is 13.2 Å². The second kappa shape index (κ2) is 8.71. The van der Waals surface area contributed by atoms with Gasteiger partial charge in [0.05, 0.1) is 12.7 Å². The Balaban J connectivity index is 1.96. The molecule has 4 nitrogen and oxygen atoms in total. The number of nitrogens with one attached hydrogen (secondary N) is 1. The molecule has 0 saturated heterocycles. The first-order chi connectivity index (χ1) is 12.2. The average molecular weight is 367 g/mol. The fourth-order valence-electron chi connectivity index (χ4n) is 2.17. The quantitative estimate of drug-likeness (QED) is 0.787. The van der Waals surface area contributed by atoms with Crippen LogP contribution in [-0.2, 0) is 17.9 Å². The number of carbonyl (C=O) groups is 1. The molecule has 0 radical (unpaired) electrons. The number of benzene rings is 2. The van der Waals surface area contributed by atoms with Gasteiger partial charge in [-0.2, -0.15) is 0 Å². The summed E-state index contributed by atoms with van der Waals surface area (Å²) < 4.78 is 46.7. The second-order valence-corrected chi connectivity index (χ2v) is 5.89. The zero-order valence-corrected chi connectivity index (χ0v) is 14.5. The Morgan fingerprint density at radius 2 is 1.73 bits per heavy atom. The highest BCUT2D eigenvalue weighted by molar-refractivity contribution is 5.94. The maximum Gasteiger partial charge on any atom is 0.573 e. The van der Waals surface area contributed by atoms with Crippen molar-refractivity contribution in [3.05, 3.63) is 65.2 Å². The van der Waals surface area contributed by atoms with E-state index in [1.165, 1.54) is 18.2 Å². The fourth-order valence-corrected chi connectivity index (χ4v) is 2.17. The highest BCUT2D eigenvalue weighted by Crippen LogP contribution is 2.26. The Morgan fingerprint density at radius 1 is 1.08 bits per heavy atom. The normalized spacial score (nSPS) is 11.5. The largest absolute Gasteiger partial charge is 0.573 e. The van der Waals surface area contributed by atoms with E-state index in [0.717, 1.165) is 5.56 Å². The molecular weight excluding hydrogens is 347 g/mol. The lowest BCUT2D eigenvalue weighted by atomic mass is 10.1. The Morgan fingerprint density at radius 3 is 2.35 bits per heavy atom. The summed E-state index contributed by atoms with van der Waals surface area (Å²) in [5.74, 6) is -0.718. The number of rotatable bonds is 7. The molecular formula is C19H20F3NO3. The zero-order chi connectivity index (χ0) is 19.2. The maximum atomic E-state index is 12.4. The van der Waals surface area contributed by atoms with E-state index in [1.54, 1.807) is 30.3 Å². The number of amides is 1. The van der Waals surface area contributed by atoms with Crippen LogP contribution in [0.15, 0.2) is 48.5 Å². The summed E-state index contributed by atoms with van der Waals surface area (Å²) >= 11 is 0. The van der Waals surface area contributed by atoms with Gasteiger partial charge in [-0.25, -0.2) is 0 Å². The molecule has 0 bridgehead atoms. The van der Waals surface area contributed by atoms with Crippen molar-refractivity contribution < 1.29 is 27.4 Å². The van der Waals surface area contributed by atoms with Gasteiger partial charge in [0.2, 0.25) is 0 Å². The van der Waals surface area contributed by atoms with Gasteiger partial charge in [-0.05, 0) is 37.6 Å². The Bertz CT molecular complexity index is 728. The molecule has 1 amide bonds. The molecule has 2 aromatic rings. The summed E-state index contributed by atoms with van der Waals surface area (Å²) in [6, 6.07) is 12.5. The van der Waals surface area contributed by atoms with Crippen LogP contribution in [0.3, 0.4) is 0 Å².